The molecule has 1 rings (SSSR count). The number of ether oxygens (including phenoxy) is 1. The minimum atomic E-state index is -1.24. The maximum absolute atomic E-state index is 10.6. The standard InChI is InChI=1S/C7H12O5/c8-3-4(9)7(11)5-1-2-6(10)12-5/h4-5,7-9,11H,1-3H2/t4-,5-,7-/m1/s1. The monoisotopic (exact) mass is 176 g/mol. The smallest absolute Gasteiger partial charge is 0.306 e. The van der Waals surface area contributed by atoms with E-state index >= 15 is 0 Å². The molecule has 1 aliphatic heterocycles. The Kier molecular flexibility index (Phi) is 3.02. The zero-order valence-electron chi connectivity index (χ0n) is 6.51. The van der Waals surface area contributed by atoms with Crippen molar-refractivity contribution in [2.24, 2.45) is 0 Å². The van der Waals surface area contributed by atoms with Crippen LogP contribution in [0.25, 0.3) is 0 Å². The van der Waals surface area contributed by atoms with Gasteiger partial charge in [-0.15, -0.1) is 0 Å². The molecule has 0 aromatic carbocycles. The number of aliphatic hydroxyl groups excluding tert-OH is 3. The highest BCUT2D eigenvalue weighted by molar-refractivity contribution is 5.71. The summed E-state index contributed by atoms with van der Waals surface area (Å²) < 4.78 is 4.69. The first kappa shape index (κ1) is 9.44. The van der Waals surface area contributed by atoms with Crippen LogP contribution in [0, 0.1) is 0 Å². The van der Waals surface area contributed by atoms with Gasteiger partial charge in [-0.3, -0.25) is 4.79 Å². The van der Waals surface area contributed by atoms with Crippen LogP contribution in [-0.4, -0.2) is 46.2 Å². The highest BCUT2D eigenvalue weighted by Gasteiger charge is 2.33. The van der Waals surface area contributed by atoms with Crippen LogP contribution in [0.1, 0.15) is 12.8 Å². The molecule has 5 nitrogen and oxygen atoms in total. The van der Waals surface area contributed by atoms with E-state index in [1.54, 1.807) is 0 Å². The predicted octanol–water partition coefficient (Wildman–Crippen LogP) is -1.59. The molecule has 0 unspecified atom stereocenters. The predicted molar refractivity (Wildman–Crippen MR) is 38.2 cm³/mol. The van der Waals surface area contributed by atoms with E-state index < -0.39 is 24.9 Å². The fraction of sp³-hybridized carbons (Fsp3) is 0.857. The molecule has 0 aromatic rings. The minimum Gasteiger partial charge on any atom is -0.459 e. The maximum atomic E-state index is 10.6. The van der Waals surface area contributed by atoms with E-state index in [1.807, 2.05) is 0 Å². The zero-order valence-corrected chi connectivity index (χ0v) is 6.51. The van der Waals surface area contributed by atoms with E-state index in [2.05, 4.69) is 4.74 Å². The van der Waals surface area contributed by atoms with E-state index in [9.17, 15) is 9.90 Å². The first-order valence-corrected chi connectivity index (χ1v) is 3.81. The van der Waals surface area contributed by atoms with E-state index in [-0.39, 0.29) is 12.4 Å². The van der Waals surface area contributed by atoms with Gasteiger partial charge in [0.25, 0.3) is 0 Å². The summed E-state index contributed by atoms with van der Waals surface area (Å²) in [6, 6.07) is 0. The number of carbonyl (C=O) groups excluding carboxylic acids is 1. The Morgan fingerprint density at radius 2 is 2.25 bits per heavy atom. The lowest BCUT2D eigenvalue weighted by molar-refractivity contribution is -0.149. The van der Waals surface area contributed by atoms with Gasteiger partial charge in [-0.2, -0.15) is 0 Å². The molecule has 70 valence electrons. The lowest BCUT2D eigenvalue weighted by Crippen LogP contribution is -2.39. The third-order valence-electron chi connectivity index (χ3n) is 1.88. The second-order valence-corrected chi connectivity index (χ2v) is 2.81. The molecule has 0 spiro atoms. The number of rotatable bonds is 3. The van der Waals surface area contributed by atoms with Crippen molar-refractivity contribution in [3.8, 4) is 0 Å². The van der Waals surface area contributed by atoms with E-state index in [1.165, 1.54) is 0 Å². The fourth-order valence-corrected chi connectivity index (χ4v) is 1.14. The fourth-order valence-electron chi connectivity index (χ4n) is 1.14. The largest absolute Gasteiger partial charge is 0.459 e. The highest BCUT2D eigenvalue weighted by atomic mass is 16.6. The van der Waals surface area contributed by atoms with Gasteiger partial charge in [-0.25, -0.2) is 0 Å². The molecule has 1 saturated heterocycles. The molecule has 1 fully saturated rings. The molecule has 0 amide bonds. The van der Waals surface area contributed by atoms with Crippen molar-refractivity contribution in [3.63, 3.8) is 0 Å². The Labute approximate surface area is 69.6 Å². The summed E-state index contributed by atoms with van der Waals surface area (Å²) in [5, 5.41) is 26.7. The molecule has 0 saturated carbocycles. The molecule has 5 heteroatoms. The number of carbonyl (C=O) groups is 1. The number of esters is 1. The minimum absolute atomic E-state index is 0.264. The van der Waals surface area contributed by atoms with Crippen LogP contribution >= 0.6 is 0 Å². The summed E-state index contributed by atoms with van der Waals surface area (Å²) in [6.45, 7) is -0.533. The van der Waals surface area contributed by atoms with Crippen LogP contribution in [0.15, 0.2) is 0 Å². The van der Waals surface area contributed by atoms with Gasteiger partial charge in [-0.1, -0.05) is 0 Å². The van der Waals surface area contributed by atoms with Crippen molar-refractivity contribution < 1.29 is 24.9 Å². The van der Waals surface area contributed by atoms with Crippen molar-refractivity contribution in [1.82, 2.24) is 0 Å². The Hall–Kier alpha value is -0.650. The molecule has 0 bridgehead atoms. The van der Waals surface area contributed by atoms with Crippen molar-refractivity contribution in [2.45, 2.75) is 31.2 Å². The third-order valence-corrected chi connectivity index (χ3v) is 1.88. The van der Waals surface area contributed by atoms with Gasteiger partial charge in [0, 0.05) is 6.42 Å². The second-order valence-electron chi connectivity index (χ2n) is 2.81. The maximum Gasteiger partial charge on any atom is 0.306 e. The molecule has 0 aliphatic carbocycles. The average molecular weight is 176 g/mol. The van der Waals surface area contributed by atoms with Crippen LogP contribution in [0.5, 0.6) is 0 Å². The normalized spacial score (nSPS) is 28.2. The molecule has 3 atom stereocenters. The van der Waals surface area contributed by atoms with Crippen LogP contribution in [0.3, 0.4) is 0 Å². The lowest BCUT2D eigenvalue weighted by atomic mass is 10.1. The van der Waals surface area contributed by atoms with Crippen LogP contribution in [0.2, 0.25) is 0 Å². The van der Waals surface area contributed by atoms with E-state index in [4.69, 9.17) is 10.2 Å². The van der Waals surface area contributed by atoms with Gasteiger partial charge in [0.05, 0.1) is 6.61 Å². The number of aliphatic hydroxyl groups is 3. The van der Waals surface area contributed by atoms with Gasteiger partial charge in [-0.05, 0) is 6.42 Å². The van der Waals surface area contributed by atoms with Crippen LogP contribution in [-0.2, 0) is 9.53 Å². The third kappa shape index (κ3) is 1.94. The molecule has 1 heterocycles. The molecule has 12 heavy (non-hydrogen) atoms. The molecular weight excluding hydrogens is 164 g/mol. The SMILES string of the molecule is O=C1CC[C@H]([C@H](O)[C@H](O)CO)O1. The Morgan fingerprint density at radius 1 is 1.58 bits per heavy atom. The van der Waals surface area contributed by atoms with E-state index in [0.717, 1.165) is 0 Å². The highest BCUT2D eigenvalue weighted by Crippen LogP contribution is 2.18. The number of hydrogen-bond acceptors (Lipinski definition) is 5. The molecule has 1 aliphatic rings. The van der Waals surface area contributed by atoms with Crippen molar-refractivity contribution in [3.05, 3.63) is 0 Å². The topological polar surface area (TPSA) is 87.0 Å². The van der Waals surface area contributed by atoms with Gasteiger partial charge in [0.2, 0.25) is 0 Å². The second kappa shape index (κ2) is 3.84. The van der Waals surface area contributed by atoms with Gasteiger partial charge in [0.1, 0.15) is 18.3 Å². The van der Waals surface area contributed by atoms with Gasteiger partial charge < -0.3 is 20.1 Å². The summed E-state index contributed by atoms with van der Waals surface area (Å²) >= 11 is 0. The van der Waals surface area contributed by atoms with E-state index in [0.29, 0.717) is 6.42 Å². The number of cyclic esters (lactones) is 1. The summed E-state index contributed by atoms with van der Waals surface area (Å²) in [5.74, 6) is -0.371. The first-order chi connectivity index (χ1) is 5.65. The zero-order chi connectivity index (χ0) is 9.14. The van der Waals surface area contributed by atoms with Crippen molar-refractivity contribution >= 4 is 5.97 Å². The Bertz CT molecular complexity index is 169. The van der Waals surface area contributed by atoms with Gasteiger partial charge >= 0.3 is 5.97 Å². The van der Waals surface area contributed by atoms with Crippen molar-refractivity contribution in [2.75, 3.05) is 6.61 Å². The Balaban J connectivity index is 2.42. The van der Waals surface area contributed by atoms with Gasteiger partial charge in [0.15, 0.2) is 0 Å². The van der Waals surface area contributed by atoms with Crippen molar-refractivity contribution in [1.29, 1.82) is 0 Å². The number of hydrogen-bond donors (Lipinski definition) is 3. The molecule has 3 N–H and O–H groups in total. The van der Waals surface area contributed by atoms with Crippen LogP contribution < -0.4 is 0 Å². The first-order valence-electron chi connectivity index (χ1n) is 3.81. The lowest BCUT2D eigenvalue weighted by Gasteiger charge is -2.20. The van der Waals surface area contributed by atoms with Crippen LogP contribution in [0.4, 0.5) is 0 Å². The summed E-state index contributed by atoms with van der Waals surface area (Å²) in [4.78, 5) is 10.6. The molecule has 0 radical (unpaired) electrons. The molecule has 0 aromatic heterocycles. The Morgan fingerprint density at radius 3 is 2.67 bits per heavy atom. The molecular formula is C7H12O5. The summed E-state index contributed by atoms with van der Waals surface area (Å²) in [7, 11) is 0. The average Bonchev–Trinajstić information content (AvgIpc) is 2.49. The summed E-state index contributed by atoms with van der Waals surface area (Å²) in [6.07, 6.45) is -2.42. The summed E-state index contributed by atoms with van der Waals surface area (Å²) in [5.41, 5.74) is 0. The quantitative estimate of drug-likeness (QED) is 0.451.